The van der Waals surface area contributed by atoms with Crippen molar-refractivity contribution in [1.82, 2.24) is 0 Å². The van der Waals surface area contributed by atoms with E-state index in [4.69, 9.17) is 30.2 Å². The Balaban J connectivity index is 2.99. The van der Waals surface area contributed by atoms with Crippen molar-refractivity contribution < 1.29 is 23.7 Å². The summed E-state index contributed by atoms with van der Waals surface area (Å²) in [5.74, 6) is -0.374. The first-order valence-electron chi connectivity index (χ1n) is 6.37. The summed E-state index contributed by atoms with van der Waals surface area (Å²) in [6.45, 7) is 3.79. The van der Waals surface area contributed by atoms with Crippen LogP contribution in [0.5, 0.6) is 0 Å². The fourth-order valence-corrected chi connectivity index (χ4v) is 1.08. The van der Waals surface area contributed by atoms with Gasteiger partial charge in [0.15, 0.2) is 0 Å². The number of rotatable bonds is 15. The lowest BCUT2D eigenvalue weighted by Crippen LogP contribution is -2.15. The van der Waals surface area contributed by atoms with E-state index in [2.05, 4.69) is 10.0 Å². The van der Waals surface area contributed by atoms with Crippen molar-refractivity contribution in [2.24, 2.45) is 10.8 Å². The molecule has 1 amide bonds. The van der Waals surface area contributed by atoms with E-state index in [9.17, 15) is 4.79 Å². The first-order valence-corrected chi connectivity index (χ1v) is 6.37. The van der Waals surface area contributed by atoms with Gasteiger partial charge in [-0.1, -0.05) is 5.11 Å². The molecule has 9 heteroatoms. The summed E-state index contributed by atoms with van der Waals surface area (Å²) in [7, 11) is 0. The molecule has 0 aromatic carbocycles. The zero-order chi connectivity index (χ0) is 14.9. The van der Waals surface area contributed by atoms with Gasteiger partial charge in [0.2, 0.25) is 5.91 Å². The Hall–Kier alpha value is -1.38. The van der Waals surface area contributed by atoms with Crippen LogP contribution < -0.4 is 5.73 Å². The SMILES string of the molecule is [N-]=[N+]=NCCOCCOCCOCCOCCC(N)=O. The number of nitrogens with two attached hydrogens (primary N) is 1. The van der Waals surface area contributed by atoms with E-state index in [0.29, 0.717) is 59.4 Å². The number of carbonyl (C=O) groups excluding carboxylic acids is 1. The Morgan fingerprint density at radius 2 is 1.35 bits per heavy atom. The zero-order valence-electron chi connectivity index (χ0n) is 11.5. The predicted octanol–water partition coefficient (Wildman–Crippen LogP) is 0.239. The van der Waals surface area contributed by atoms with Gasteiger partial charge in [0.05, 0.1) is 52.9 Å². The van der Waals surface area contributed by atoms with E-state index in [1.165, 1.54) is 0 Å². The van der Waals surface area contributed by atoms with Gasteiger partial charge in [-0.3, -0.25) is 4.79 Å². The second kappa shape index (κ2) is 15.7. The van der Waals surface area contributed by atoms with E-state index in [-0.39, 0.29) is 12.3 Å². The minimum atomic E-state index is -0.374. The summed E-state index contributed by atoms with van der Waals surface area (Å²) in [4.78, 5) is 13.0. The van der Waals surface area contributed by atoms with Crippen molar-refractivity contribution in [1.29, 1.82) is 0 Å². The predicted molar refractivity (Wildman–Crippen MR) is 71.1 cm³/mol. The highest BCUT2D eigenvalue weighted by Crippen LogP contribution is 1.85. The second-order valence-corrected chi connectivity index (χ2v) is 3.62. The van der Waals surface area contributed by atoms with Crippen molar-refractivity contribution in [3.8, 4) is 0 Å². The van der Waals surface area contributed by atoms with Gasteiger partial charge in [0.1, 0.15) is 0 Å². The molecule has 116 valence electrons. The molecule has 9 nitrogen and oxygen atoms in total. The van der Waals surface area contributed by atoms with E-state index < -0.39 is 0 Å². The number of hydrogen-bond acceptors (Lipinski definition) is 6. The number of amides is 1. The maximum atomic E-state index is 10.4. The van der Waals surface area contributed by atoms with Gasteiger partial charge >= 0.3 is 0 Å². The molecular formula is C11H22N4O5. The largest absolute Gasteiger partial charge is 0.379 e. The topological polar surface area (TPSA) is 129 Å². The van der Waals surface area contributed by atoms with Gasteiger partial charge in [0, 0.05) is 17.9 Å². The van der Waals surface area contributed by atoms with E-state index in [1.807, 2.05) is 0 Å². The molecule has 0 aliphatic rings. The molecule has 0 fully saturated rings. The van der Waals surface area contributed by atoms with Crippen molar-refractivity contribution in [2.45, 2.75) is 6.42 Å². The first kappa shape index (κ1) is 18.6. The number of primary amides is 1. The van der Waals surface area contributed by atoms with Gasteiger partial charge in [-0.2, -0.15) is 0 Å². The third-order valence-electron chi connectivity index (χ3n) is 2.01. The number of carbonyl (C=O) groups is 1. The highest BCUT2D eigenvalue weighted by Gasteiger charge is 1.95. The molecule has 20 heavy (non-hydrogen) atoms. The molecule has 0 aromatic heterocycles. The smallest absolute Gasteiger partial charge is 0.219 e. The molecule has 0 radical (unpaired) electrons. The Morgan fingerprint density at radius 1 is 0.900 bits per heavy atom. The standard InChI is InChI=1S/C11H22N4O5/c12-11(16)1-3-17-5-7-19-9-10-20-8-6-18-4-2-14-15-13/h1-10H2,(H2,12,16). The number of azide groups is 1. The monoisotopic (exact) mass is 290 g/mol. The van der Waals surface area contributed by atoms with Gasteiger partial charge < -0.3 is 24.7 Å². The lowest BCUT2D eigenvalue weighted by Gasteiger charge is -2.06. The zero-order valence-corrected chi connectivity index (χ0v) is 11.5. The van der Waals surface area contributed by atoms with E-state index >= 15 is 0 Å². The van der Waals surface area contributed by atoms with Crippen LogP contribution >= 0.6 is 0 Å². The number of ether oxygens (including phenoxy) is 4. The molecule has 0 aliphatic carbocycles. The van der Waals surface area contributed by atoms with E-state index in [0.717, 1.165) is 0 Å². The van der Waals surface area contributed by atoms with Crippen molar-refractivity contribution >= 4 is 5.91 Å². The summed E-state index contributed by atoms with van der Waals surface area (Å²) in [5.41, 5.74) is 13.0. The van der Waals surface area contributed by atoms with Crippen LogP contribution in [0, 0.1) is 0 Å². The van der Waals surface area contributed by atoms with E-state index in [1.54, 1.807) is 0 Å². The number of nitrogens with zero attached hydrogens (tertiary/aromatic N) is 3. The van der Waals surface area contributed by atoms with Crippen molar-refractivity contribution in [2.75, 3.05) is 59.4 Å². The Kier molecular flexibility index (Phi) is 14.6. The van der Waals surface area contributed by atoms with Crippen LogP contribution in [0.2, 0.25) is 0 Å². The minimum absolute atomic E-state index is 0.225. The fourth-order valence-electron chi connectivity index (χ4n) is 1.08. The maximum absolute atomic E-state index is 10.4. The second-order valence-electron chi connectivity index (χ2n) is 3.62. The quantitative estimate of drug-likeness (QED) is 0.200. The number of hydrogen-bond donors (Lipinski definition) is 1. The first-order chi connectivity index (χ1) is 9.77. The Morgan fingerprint density at radius 3 is 1.80 bits per heavy atom. The molecule has 0 saturated carbocycles. The van der Waals surface area contributed by atoms with Crippen LogP contribution in [0.1, 0.15) is 6.42 Å². The van der Waals surface area contributed by atoms with Crippen LogP contribution in [0.15, 0.2) is 5.11 Å². The lowest BCUT2D eigenvalue weighted by atomic mass is 10.4. The van der Waals surface area contributed by atoms with Crippen LogP contribution in [0.25, 0.3) is 10.4 Å². The van der Waals surface area contributed by atoms with Crippen molar-refractivity contribution in [3.05, 3.63) is 10.4 Å². The molecule has 0 heterocycles. The Labute approximate surface area is 117 Å². The molecule has 0 atom stereocenters. The lowest BCUT2D eigenvalue weighted by molar-refractivity contribution is -0.119. The van der Waals surface area contributed by atoms with Crippen LogP contribution in [0.4, 0.5) is 0 Å². The normalized spacial score (nSPS) is 10.2. The van der Waals surface area contributed by atoms with Crippen LogP contribution in [-0.2, 0) is 23.7 Å². The molecule has 0 spiro atoms. The molecule has 0 bridgehead atoms. The summed E-state index contributed by atoms with van der Waals surface area (Å²) in [5, 5.41) is 3.33. The molecule has 0 aromatic rings. The van der Waals surface area contributed by atoms with Crippen molar-refractivity contribution in [3.63, 3.8) is 0 Å². The van der Waals surface area contributed by atoms with Gasteiger partial charge in [-0.15, -0.1) is 0 Å². The summed E-state index contributed by atoms with van der Waals surface area (Å²) in [6.07, 6.45) is 0.225. The third kappa shape index (κ3) is 16.6. The molecule has 0 saturated heterocycles. The highest BCUT2D eigenvalue weighted by atomic mass is 16.6. The highest BCUT2D eigenvalue weighted by molar-refractivity contribution is 5.73. The average molecular weight is 290 g/mol. The minimum Gasteiger partial charge on any atom is -0.379 e. The summed E-state index contributed by atoms with van der Waals surface area (Å²) < 4.78 is 20.7. The molecular weight excluding hydrogens is 268 g/mol. The molecule has 0 rings (SSSR count). The van der Waals surface area contributed by atoms with Gasteiger partial charge in [-0.25, -0.2) is 0 Å². The van der Waals surface area contributed by atoms with Gasteiger partial charge in [0.25, 0.3) is 0 Å². The maximum Gasteiger partial charge on any atom is 0.219 e. The van der Waals surface area contributed by atoms with Gasteiger partial charge in [-0.05, 0) is 5.53 Å². The Bertz CT molecular complexity index is 270. The fraction of sp³-hybridized carbons (Fsp3) is 0.909. The van der Waals surface area contributed by atoms with Crippen LogP contribution in [0.3, 0.4) is 0 Å². The third-order valence-corrected chi connectivity index (χ3v) is 2.01. The molecule has 2 N–H and O–H groups in total. The molecule has 0 unspecified atom stereocenters. The molecule has 0 aliphatic heterocycles. The summed E-state index contributed by atoms with van der Waals surface area (Å²) in [6, 6.07) is 0. The summed E-state index contributed by atoms with van der Waals surface area (Å²) >= 11 is 0. The van der Waals surface area contributed by atoms with Crippen LogP contribution in [-0.4, -0.2) is 65.3 Å². The average Bonchev–Trinajstić information content (AvgIpc) is 2.43.